The molecule has 0 spiro atoms. The van der Waals surface area contributed by atoms with E-state index < -0.39 is 0 Å². The Morgan fingerprint density at radius 2 is 1.86 bits per heavy atom. The van der Waals surface area contributed by atoms with Crippen molar-refractivity contribution in [3.05, 3.63) is 81.8 Å². The molecule has 146 valence electrons. The van der Waals surface area contributed by atoms with Crippen molar-refractivity contribution in [2.75, 3.05) is 5.32 Å². The number of halogens is 2. The van der Waals surface area contributed by atoms with Crippen molar-refractivity contribution in [3.63, 3.8) is 0 Å². The van der Waals surface area contributed by atoms with E-state index in [-0.39, 0.29) is 5.91 Å². The maximum atomic E-state index is 12.6. The van der Waals surface area contributed by atoms with Gasteiger partial charge in [-0.15, -0.1) is 0 Å². The Kier molecular flexibility index (Phi) is 5.31. The zero-order valence-corrected chi connectivity index (χ0v) is 17.4. The van der Waals surface area contributed by atoms with Crippen molar-refractivity contribution >= 4 is 45.9 Å². The molecular weight excluding hydrogens is 407 g/mol. The Labute approximate surface area is 178 Å². The minimum absolute atomic E-state index is 0.313. The van der Waals surface area contributed by atoms with Crippen LogP contribution in [0.25, 0.3) is 22.6 Å². The summed E-state index contributed by atoms with van der Waals surface area (Å²) < 4.78 is 5.91. The Hall–Kier alpha value is -2.82. The molecule has 29 heavy (non-hydrogen) atoms. The molecule has 4 aromatic rings. The van der Waals surface area contributed by atoms with Gasteiger partial charge in [-0.25, -0.2) is 4.98 Å². The number of carbonyl (C=O) groups is 1. The molecule has 0 radical (unpaired) electrons. The third-order valence-electron chi connectivity index (χ3n) is 4.62. The number of nitrogens with one attached hydrogen (secondary N) is 1. The Balaban J connectivity index is 1.62. The first-order chi connectivity index (χ1) is 13.9. The van der Waals surface area contributed by atoms with Crippen LogP contribution in [0.15, 0.2) is 65.1 Å². The molecule has 1 aromatic heterocycles. The van der Waals surface area contributed by atoms with E-state index in [1.165, 1.54) is 11.6 Å². The molecule has 1 N–H and O–H groups in total. The number of hydrogen-bond donors (Lipinski definition) is 1. The van der Waals surface area contributed by atoms with Gasteiger partial charge in [0.15, 0.2) is 5.58 Å². The molecule has 3 aromatic carbocycles. The number of amides is 1. The zero-order chi connectivity index (χ0) is 20.5. The van der Waals surface area contributed by atoms with Gasteiger partial charge in [-0.3, -0.25) is 4.79 Å². The van der Waals surface area contributed by atoms with Crippen LogP contribution in [0.3, 0.4) is 0 Å². The molecule has 1 amide bonds. The van der Waals surface area contributed by atoms with Gasteiger partial charge in [0.1, 0.15) is 5.52 Å². The number of nitrogens with zero attached hydrogens (tertiary/aromatic N) is 1. The summed E-state index contributed by atoms with van der Waals surface area (Å²) in [6.45, 7) is 4.28. The van der Waals surface area contributed by atoms with E-state index >= 15 is 0 Å². The van der Waals surface area contributed by atoms with Gasteiger partial charge in [0, 0.05) is 16.3 Å². The number of fused-ring (bicyclic) bond motifs is 1. The van der Waals surface area contributed by atoms with Gasteiger partial charge in [-0.1, -0.05) is 49.2 Å². The second-order valence-corrected chi connectivity index (χ2v) is 7.90. The molecule has 0 aliphatic carbocycles. The molecule has 4 nitrogen and oxygen atoms in total. The van der Waals surface area contributed by atoms with Gasteiger partial charge >= 0.3 is 0 Å². The summed E-state index contributed by atoms with van der Waals surface area (Å²) in [7, 11) is 0. The first-order valence-electron chi connectivity index (χ1n) is 9.18. The molecule has 0 fully saturated rings. The maximum Gasteiger partial charge on any atom is 0.257 e. The summed E-state index contributed by atoms with van der Waals surface area (Å²) in [5, 5.41) is 3.62. The highest BCUT2D eigenvalue weighted by molar-refractivity contribution is 6.36. The quantitative estimate of drug-likeness (QED) is 0.377. The minimum atomic E-state index is -0.339. The van der Waals surface area contributed by atoms with Crippen molar-refractivity contribution in [2.45, 2.75) is 19.8 Å². The first kappa shape index (κ1) is 19.5. The summed E-state index contributed by atoms with van der Waals surface area (Å²) in [4.78, 5) is 17.2. The second kappa shape index (κ2) is 7.90. The van der Waals surface area contributed by atoms with E-state index in [1.807, 2.05) is 36.4 Å². The lowest BCUT2D eigenvalue weighted by atomic mass is 10.0. The van der Waals surface area contributed by atoms with E-state index in [4.69, 9.17) is 27.6 Å². The van der Waals surface area contributed by atoms with Crippen LogP contribution in [0, 0.1) is 0 Å². The third kappa shape index (κ3) is 4.14. The Bertz CT molecular complexity index is 1210. The standard InChI is InChI=1S/C23H18Cl2N2O2/c1-13(2)14-6-9-21-20(11-14)27-23(29-21)15-4-3-5-17(10-15)26-22(28)18-12-16(24)7-8-19(18)25/h3-13H,1-2H3,(H,26,28). The highest BCUT2D eigenvalue weighted by atomic mass is 35.5. The van der Waals surface area contributed by atoms with E-state index in [0.29, 0.717) is 33.1 Å². The van der Waals surface area contributed by atoms with Crippen molar-refractivity contribution in [3.8, 4) is 11.5 Å². The van der Waals surface area contributed by atoms with Gasteiger partial charge in [0.05, 0.1) is 10.6 Å². The minimum Gasteiger partial charge on any atom is -0.436 e. The predicted molar refractivity (Wildman–Crippen MR) is 118 cm³/mol. The van der Waals surface area contributed by atoms with Crippen molar-refractivity contribution in [1.82, 2.24) is 4.98 Å². The van der Waals surface area contributed by atoms with E-state index in [0.717, 1.165) is 16.7 Å². The van der Waals surface area contributed by atoms with Gasteiger partial charge in [0.2, 0.25) is 5.89 Å². The van der Waals surface area contributed by atoms with E-state index in [9.17, 15) is 4.79 Å². The Morgan fingerprint density at radius 3 is 2.66 bits per heavy atom. The maximum absolute atomic E-state index is 12.6. The molecular formula is C23H18Cl2N2O2. The van der Waals surface area contributed by atoms with Gasteiger partial charge in [0.25, 0.3) is 5.91 Å². The molecule has 0 saturated heterocycles. The van der Waals surface area contributed by atoms with Crippen molar-refractivity contribution in [1.29, 1.82) is 0 Å². The van der Waals surface area contributed by atoms with Crippen molar-refractivity contribution in [2.24, 2.45) is 0 Å². The lowest BCUT2D eigenvalue weighted by Crippen LogP contribution is -2.12. The smallest absolute Gasteiger partial charge is 0.257 e. The molecule has 0 atom stereocenters. The lowest BCUT2D eigenvalue weighted by Gasteiger charge is -2.08. The summed E-state index contributed by atoms with van der Waals surface area (Å²) in [6.07, 6.45) is 0. The summed E-state index contributed by atoms with van der Waals surface area (Å²) >= 11 is 12.1. The van der Waals surface area contributed by atoms with Crippen LogP contribution in [-0.4, -0.2) is 10.9 Å². The molecule has 0 aliphatic heterocycles. The number of hydrogen-bond acceptors (Lipinski definition) is 3. The molecule has 1 heterocycles. The predicted octanol–water partition coefficient (Wildman–Crippen LogP) is 7.18. The molecule has 0 bridgehead atoms. The van der Waals surface area contributed by atoms with Crippen molar-refractivity contribution < 1.29 is 9.21 Å². The lowest BCUT2D eigenvalue weighted by molar-refractivity contribution is 0.102. The fraction of sp³-hybridized carbons (Fsp3) is 0.130. The molecule has 6 heteroatoms. The number of benzene rings is 3. The Morgan fingerprint density at radius 1 is 1.03 bits per heavy atom. The van der Waals surface area contributed by atoms with Gasteiger partial charge < -0.3 is 9.73 Å². The van der Waals surface area contributed by atoms with Crippen LogP contribution in [0.4, 0.5) is 5.69 Å². The number of rotatable bonds is 4. The summed E-state index contributed by atoms with van der Waals surface area (Å²) in [6, 6.07) is 18.1. The fourth-order valence-electron chi connectivity index (χ4n) is 3.03. The molecule has 0 unspecified atom stereocenters. The third-order valence-corrected chi connectivity index (χ3v) is 5.18. The van der Waals surface area contributed by atoms with Crippen LogP contribution < -0.4 is 5.32 Å². The van der Waals surface area contributed by atoms with Gasteiger partial charge in [-0.05, 0) is 60.0 Å². The monoisotopic (exact) mass is 424 g/mol. The summed E-state index contributed by atoms with van der Waals surface area (Å²) in [5.74, 6) is 0.572. The molecule has 4 rings (SSSR count). The first-order valence-corrected chi connectivity index (χ1v) is 9.93. The average molecular weight is 425 g/mol. The number of oxazole rings is 1. The molecule has 0 aliphatic rings. The largest absolute Gasteiger partial charge is 0.436 e. The van der Waals surface area contributed by atoms with Crippen LogP contribution in [0.2, 0.25) is 10.0 Å². The zero-order valence-electron chi connectivity index (χ0n) is 15.9. The van der Waals surface area contributed by atoms with Crippen LogP contribution >= 0.6 is 23.2 Å². The average Bonchev–Trinajstić information content (AvgIpc) is 3.13. The van der Waals surface area contributed by atoms with Crippen LogP contribution in [0.1, 0.15) is 35.7 Å². The normalized spacial score (nSPS) is 11.2. The van der Waals surface area contributed by atoms with E-state index in [1.54, 1.807) is 18.2 Å². The molecule has 0 saturated carbocycles. The topological polar surface area (TPSA) is 55.1 Å². The highest BCUT2D eigenvalue weighted by Crippen LogP contribution is 2.29. The van der Waals surface area contributed by atoms with Crippen LogP contribution in [-0.2, 0) is 0 Å². The second-order valence-electron chi connectivity index (χ2n) is 7.06. The fourth-order valence-corrected chi connectivity index (χ4v) is 3.40. The highest BCUT2D eigenvalue weighted by Gasteiger charge is 2.14. The van der Waals surface area contributed by atoms with Gasteiger partial charge in [-0.2, -0.15) is 0 Å². The number of carbonyl (C=O) groups excluding carboxylic acids is 1. The SMILES string of the molecule is CC(C)c1ccc2oc(-c3cccc(NC(=O)c4cc(Cl)ccc4Cl)c3)nc2c1. The number of anilines is 1. The number of aromatic nitrogens is 1. The van der Waals surface area contributed by atoms with Crippen LogP contribution in [0.5, 0.6) is 0 Å². The van der Waals surface area contributed by atoms with E-state index in [2.05, 4.69) is 24.1 Å². The summed E-state index contributed by atoms with van der Waals surface area (Å²) in [5.41, 5.74) is 4.43.